The largest absolute Gasteiger partial charge is 0.465 e. The molecule has 0 radical (unpaired) electrons. The van der Waals surface area contributed by atoms with Gasteiger partial charge in [0.2, 0.25) is 0 Å². The summed E-state index contributed by atoms with van der Waals surface area (Å²) in [5.74, 6) is -0.938. The number of thiophene rings is 1. The van der Waals surface area contributed by atoms with Crippen molar-refractivity contribution in [2.24, 2.45) is 7.05 Å². The molecule has 0 aliphatic carbocycles. The number of anilines is 1. The molecule has 0 unspecified atom stereocenters. The first-order chi connectivity index (χ1) is 12.0. The zero-order valence-electron chi connectivity index (χ0n) is 13.4. The molecule has 1 aromatic carbocycles. The fraction of sp³-hybridized carbons (Fsp3) is 0.118. The molecule has 0 saturated carbocycles. The Morgan fingerprint density at radius 2 is 2.00 bits per heavy atom. The smallest absolute Gasteiger partial charge is 0.339 e. The Balaban J connectivity index is 1.87. The van der Waals surface area contributed by atoms with E-state index in [1.165, 1.54) is 18.4 Å². The Bertz CT molecular complexity index is 948. The van der Waals surface area contributed by atoms with Gasteiger partial charge in [0.05, 0.1) is 33.3 Å². The molecule has 8 heteroatoms. The van der Waals surface area contributed by atoms with Gasteiger partial charge in [-0.15, -0.1) is 11.3 Å². The number of nitrogens with zero attached hydrogens (tertiary/aromatic N) is 2. The predicted octanol–water partition coefficient (Wildman–Crippen LogP) is 3.84. The van der Waals surface area contributed by atoms with Gasteiger partial charge in [-0.2, -0.15) is 5.10 Å². The van der Waals surface area contributed by atoms with Crippen molar-refractivity contribution in [3.8, 4) is 10.6 Å². The number of esters is 1. The number of para-hydroxylation sites is 1. The molecule has 0 saturated heterocycles. The van der Waals surface area contributed by atoms with E-state index in [1.54, 1.807) is 48.1 Å². The number of nitrogens with one attached hydrogen (secondary N) is 1. The summed E-state index contributed by atoms with van der Waals surface area (Å²) in [6, 6.07) is 12.0. The van der Waals surface area contributed by atoms with Crippen LogP contribution in [0.1, 0.15) is 20.8 Å². The molecule has 0 atom stereocenters. The molecule has 3 aromatic rings. The van der Waals surface area contributed by atoms with Crippen molar-refractivity contribution in [3.63, 3.8) is 0 Å². The van der Waals surface area contributed by atoms with Crippen LogP contribution >= 0.6 is 22.9 Å². The summed E-state index contributed by atoms with van der Waals surface area (Å²) in [6.45, 7) is 0. The molecule has 1 amide bonds. The van der Waals surface area contributed by atoms with E-state index in [0.717, 1.165) is 10.6 Å². The van der Waals surface area contributed by atoms with Crippen molar-refractivity contribution in [2.45, 2.75) is 0 Å². The van der Waals surface area contributed by atoms with Crippen LogP contribution in [0.15, 0.2) is 42.5 Å². The van der Waals surface area contributed by atoms with Crippen LogP contribution in [0.4, 0.5) is 5.69 Å². The Kier molecular flexibility index (Phi) is 4.87. The first kappa shape index (κ1) is 17.2. The third kappa shape index (κ3) is 3.57. The Hall–Kier alpha value is -2.64. The fourth-order valence-electron chi connectivity index (χ4n) is 2.33. The topological polar surface area (TPSA) is 73.2 Å². The predicted molar refractivity (Wildman–Crippen MR) is 97.3 cm³/mol. The molecular formula is C17H14ClN3O3S. The van der Waals surface area contributed by atoms with Crippen LogP contribution in [0.25, 0.3) is 10.6 Å². The van der Waals surface area contributed by atoms with Gasteiger partial charge < -0.3 is 10.1 Å². The van der Waals surface area contributed by atoms with Gasteiger partial charge in [-0.05, 0) is 30.3 Å². The minimum Gasteiger partial charge on any atom is -0.465 e. The maximum atomic E-state index is 12.5. The normalized spacial score (nSPS) is 10.5. The lowest BCUT2D eigenvalue weighted by molar-refractivity contribution is 0.0602. The molecule has 0 spiro atoms. The Labute approximate surface area is 153 Å². The van der Waals surface area contributed by atoms with Crippen LogP contribution < -0.4 is 5.32 Å². The number of carbonyl (C=O) groups is 2. The summed E-state index contributed by atoms with van der Waals surface area (Å²) in [5, 5.41) is 6.94. The average Bonchev–Trinajstić information content (AvgIpc) is 3.20. The van der Waals surface area contributed by atoms with E-state index in [2.05, 4.69) is 10.4 Å². The van der Waals surface area contributed by atoms with Crippen molar-refractivity contribution in [1.82, 2.24) is 9.78 Å². The van der Waals surface area contributed by atoms with Crippen LogP contribution in [-0.4, -0.2) is 28.8 Å². The van der Waals surface area contributed by atoms with Crippen LogP contribution in [0.5, 0.6) is 0 Å². The number of methoxy groups -OCH3 is 1. The van der Waals surface area contributed by atoms with E-state index in [1.807, 2.05) is 6.07 Å². The molecular weight excluding hydrogens is 362 g/mol. The molecule has 0 aliphatic rings. The second kappa shape index (κ2) is 7.08. The number of aromatic nitrogens is 2. The summed E-state index contributed by atoms with van der Waals surface area (Å²) < 4.78 is 7.00. The number of hydrogen-bond donors (Lipinski definition) is 1. The van der Waals surface area contributed by atoms with Gasteiger partial charge in [0.15, 0.2) is 5.69 Å². The van der Waals surface area contributed by atoms with Crippen LogP contribution in [-0.2, 0) is 11.8 Å². The number of hydrogen-bond acceptors (Lipinski definition) is 5. The van der Waals surface area contributed by atoms with Gasteiger partial charge in [0, 0.05) is 7.05 Å². The summed E-state index contributed by atoms with van der Waals surface area (Å²) in [6.07, 6.45) is 0. The first-order valence-corrected chi connectivity index (χ1v) is 8.47. The maximum absolute atomic E-state index is 12.5. The maximum Gasteiger partial charge on any atom is 0.339 e. The molecule has 128 valence electrons. The highest BCUT2D eigenvalue weighted by molar-refractivity contribution is 7.19. The number of rotatable bonds is 4. The van der Waals surface area contributed by atoms with E-state index >= 15 is 0 Å². The molecule has 0 aliphatic heterocycles. The van der Waals surface area contributed by atoms with Gasteiger partial charge in [-0.3, -0.25) is 9.48 Å². The SMILES string of the molecule is COC(=O)c1ccccc1NC(=O)c1cc(-c2ccc(Cl)s2)n(C)n1. The average molecular weight is 376 g/mol. The third-order valence-corrected chi connectivity index (χ3v) is 4.77. The van der Waals surface area contributed by atoms with Crippen molar-refractivity contribution in [3.05, 3.63) is 58.1 Å². The first-order valence-electron chi connectivity index (χ1n) is 7.28. The summed E-state index contributed by atoms with van der Waals surface area (Å²) in [7, 11) is 3.04. The molecule has 2 heterocycles. The Morgan fingerprint density at radius 3 is 2.68 bits per heavy atom. The van der Waals surface area contributed by atoms with Gasteiger partial charge in [-0.25, -0.2) is 4.79 Å². The number of ether oxygens (including phenoxy) is 1. The molecule has 0 bridgehead atoms. The second-order valence-electron chi connectivity index (χ2n) is 5.13. The van der Waals surface area contributed by atoms with Gasteiger partial charge >= 0.3 is 5.97 Å². The minimum absolute atomic E-state index is 0.238. The summed E-state index contributed by atoms with van der Waals surface area (Å²) in [5.41, 5.74) is 1.66. The van der Waals surface area contributed by atoms with E-state index < -0.39 is 11.9 Å². The molecule has 3 rings (SSSR count). The number of halogens is 1. The number of amides is 1. The lowest BCUT2D eigenvalue weighted by Crippen LogP contribution is -2.16. The van der Waals surface area contributed by atoms with Crippen LogP contribution in [0.2, 0.25) is 4.34 Å². The van der Waals surface area contributed by atoms with Crippen molar-refractivity contribution >= 4 is 40.5 Å². The Morgan fingerprint density at radius 1 is 1.24 bits per heavy atom. The van der Waals surface area contributed by atoms with Gasteiger partial charge in [0.1, 0.15) is 0 Å². The van der Waals surface area contributed by atoms with Crippen LogP contribution in [0, 0.1) is 0 Å². The van der Waals surface area contributed by atoms with E-state index in [0.29, 0.717) is 10.0 Å². The highest BCUT2D eigenvalue weighted by atomic mass is 35.5. The van der Waals surface area contributed by atoms with Gasteiger partial charge in [-0.1, -0.05) is 23.7 Å². The highest BCUT2D eigenvalue weighted by Crippen LogP contribution is 2.31. The quantitative estimate of drug-likeness (QED) is 0.703. The molecule has 6 nitrogen and oxygen atoms in total. The van der Waals surface area contributed by atoms with Gasteiger partial charge in [0.25, 0.3) is 5.91 Å². The second-order valence-corrected chi connectivity index (χ2v) is 6.85. The molecule has 0 fully saturated rings. The van der Waals surface area contributed by atoms with E-state index in [4.69, 9.17) is 16.3 Å². The van der Waals surface area contributed by atoms with Crippen molar-refractivity contribution < 1.29 is 14.3 Å². The number of benzene rings is 1. The molecule has 1 N–H and O–H groups in total. The highest BCUT2D eigenvalue weighted by Gasteiger charge is 2.18. The standard InChI is InChI=1S/C17H14ClN3O3S/c1-21-13(14-7-8-15(18)25-14)9-12(20-21)16(22)19-11-6-4-3-5-10(11)17(23)24-2/h3-9H,1-2H3,(H,19,22). The number of carbonyl (C=O) groups excluding carboxylic acids is 2. The zero-order chi connectivity index (χ0) is 18.0. The number of aryl methyl sites for hydroxylation is 1. The van der Waals surface area contributed by atoms with E-state index in [-0.39, 0.29) is 11.3 Å². The molecule has 25 heavy (non-hydrogen) atoms. The summed E-state index contributed by atoms with van der Waals surface area (Å²) >= 11 is 7.37. The third-order valence-electron chi connectivity index (χ3n) is 3.52. The lowest BCUT2D eigenvalue weighted by atomic mass is 10.1. The van der Waals surface area contributed by atoms with Crippen molar-refractivity contribution in [2.75, 3.05) is 12.4 Å². The van der Waals surface area contributed by atoms with Crippen LogP contribution in [0.3, 0.4) is 0 Å². The van der Waals surface area contributed by atoms with E-state index in [9.17, 15) is 9.59 Å². The zero-order valence-corrected chi connectivity index (χ0v) is 15.0. The molecule has 2 aromatic heterocycles. The minimum atomic E-state index is -0.522. The van der Waals surface area contributed by atoms with Crippen molar-refractivity contribution in [1.29, 1.82) is 0 Å². The summed E-state index contributed by atoms with van der Waals surface area (Å²) in [4.78, 5) is 25.2. The monoisotopic (exact) mass is 375 g/mol. The fourth-order valence-corrected chi connectivity index (χ4v) is 3.42. The lowest BCUT2D eigenvalue weighted by Gasteiger charge is -2.08.